The second-order valence-corrected chi connectivity index (χ2v) is 6.39. The Bertz CT molecular complexity index is 623. The molecule has 3 N–H and O–H groups in total. The molecule has 2 unspecified atom stereocenters. The molecule has 130 valence electrons. The van der Waals surface area contributed by atoms with Crippen molar-refractivity contribution in [3.63, 3.8) is 0 Å². The van der Waals surface area contributed by atoms with Crippen LogP contribution in [-0.2, 0) is 0 Å². The number of amides is 2. The highest BCUT2D eigenvalue weighted by Gasteiger charge is 2.15. The lowest BCUT2D eigenvalue weighted by Gasteiger charge is -2.21. The number of benzene rings is 1. The standard InChI is InChI=1S/C18H26N4O2/c1-13(2)11-16(12-23)21-18(24)20-14(3)15-5-7-17(8-6-15)22-10-4-9-19-22/h4-10,13-14,16,23H,11-12H2,1-3H3,(H2,20,21,24). The molecular formula is C18H26N4O2. The summed E-state index contributed by atoms with van der Waals surface area (Å²) in [5, 5.41) is 19.3. The van der Waals surface area contributed by atoms with Crippen LogP contribution in [0.25, 0.3) is 5.69 Å². The molecule has 0 fully saturated rings. The molecule has 2 rings (SSSR count). The van der Waals surface area contributed by atoms with Gasteiger partial charge < -0.3 is 15.7 Å². The summed E-state index contributed by atoms with van der Waals surface area (Å²) in [7, 11) is 0. The monoisotopic (exact) mass is 330 g/mol. The first kappa shape index (κ1) is 18.0. The van der Waals surface area contributed by atoms with E-state index >= 15 is 0 Å². The predicted molar refractivity (Wildman–Crippen MR) is 94.0 cm³/mol. The van der Waals surface area contributed by atoms with Gasteiger partial charge in [-0.1, -0.05) is 26.0 Å². The van der Waals surface area contributed by atoms with Crippen molar-refractivity contribution in [3.8, 4) is 5.69 Å². The number of carbonyl (C=O) groups is 1. The molecule has 0 spiro atoms. The topological polar surface area (TPSA) is 79.2 Å². The first-order chi connectivity index (χ1) is 11.5. The summed E-state index contributed by atoms with van der Waals surface area (Å²) in [5.41, 5.74) is 1.98. The van der Waals surface area contributed by atoms with Crippen LogP contribution in [0, 0.1) is 5.92 Å². The van der Waals surface area contributed by atoms with E-state index in [1.807, 2.05) is 43.5 Å². The van der Waals surface area contributed by atoms with Gasteiger partial charge in [0.1, 0.15) is 0 Å². The van der Waals surface area contributed by atoms with Crippen LogP contribution >= 0.6 is 0 Å². The van der Waals surface area contributed by atoms with Gasteiger partial charge in [-0.3, -0.25) is 0 Å². The SMILES string of the molecule is CC(C)CC(CO)NC(=O)NC(C)c1ccc(-n2cccn2)cc1. The molecule has 6 heteroatoms. The summed E-state index contributed by atoms with van der Waals surface area (Å²) in [5.74, 6) is 0.412. The van der Waals surface area contributed by atoms with Gasteiger partial charge in [0.25, 0.3) is 0 Å². The normalized spacial score (nSPS) is 13.5. The number of aromatic nitrogens is 2. The molecule has 2 amide bonds. The van der Waals surface area contributed by atoms with Crippen LogP contribution < -0.4 is 10.6 Å². The van der Waals surface area contributed by atoms with Crippen molar-refractivity contribution in [3.05, 3.63) is 48.3 Å². The Kier molecular flexibility index (Phi) is 6.37. The van der Waals surface area contributed by atoms with Crippen molar-refractivity contribution >= 4 is 6.03 Å². The third kappa shape index (κ3) is 5.09. The first-order valence-electron chi connectivity index (χ1n) is 8.27. The Morgan fingerprint density at radius 2 is 1.92 bits per heavy atom. The average Bonchev–Trinajstić information content (AvgIpc) is 3.08. The Labute approximate surface area is 142 Å². The van der Waals surface area contributed by atoms with Gasteiger partial charge in [-0.05, 0) is 43.0 Å². The summed E-state index contributed by atoms with van der Waals surface area (Å²) >= 11 is 0. The molecule has 24 heavy (non-hydrogen) atoms. The number of nitrogens with zero attached hydrogens (tertiary/aromatic N) is 2. The maximum atomic E-state index is 12.1. The number of nitrogens with one attached hydrogen (secondary N) is 2. The minimum atomic E-state index is -0.265. The predicted octanol–water partition coefficient (Wildman–Crippen LogP) is 2.64. The van der Waals surface area contributed by atoms with Crippen molar-refractivity contribution in [2.24, 2.45) is 5.92 Å². The third-order valence-electron chi connectivity index (χ3n) is 3.82. The zero-order chi connectivity index (χ0) is 17.5. The summed E-state index contributed by atoms with van der Waals surface area (Å²) in [6, 6.07) is 9.13. The van der Waals surface area contributed by atoms with E-state index in [0.29, 0.717) is 5.92 Å². The fourth-order valence-corrected chi connectivity index (χ4v) is 2.59. The molecule has 0 aliphatic rings. The highest BCUT2D eigenvalue weighted by molar-refractivity contribution is 5.74. The van der Waals surface area contributed by atoms with Gasteiger partial charge in [-0.15, -0.1) is 0 Å². The molecule has 1 aromatic heterocycles. The summed E-state index contributed by atoms with van der Waals surface area (Å²) in [4.78, 5) is 12.1. The van der Waals surface area contributed by atoms with Gasteiger partial charge in [0.05, 0.1) is 24.4 Å². The van der Waals surface area contributed by atoms with Gasteiger partial charge in [-0.25, -0.2) is 9.48 Å². The second-order valence-electron chi connectivity index (χ2n) is 6.39. The number of hydrogen-bond acceptors (Lipinski definition) is 3. The molecule has 2 atom stereocenters. The molecule has 0 aliphatic carbocycles. The largest absolute Gasteiger partial charge is 0.394 e. The molecule has 0 radical (unpaired) electrons. The van der Waals surface area contributed by atoms with Crippen LogP contribution in [0.15, 0.2) is 42.7 Å². The molecule has 0 saturated carbocycles. The van der Waals surface area contributed by atoms with Gasteiger partial charge in [0.15, 0.2) is 0 Å². The number of hydrogen-bond donors (Lipinski definition) is 3. The molecule has 0 aliphatic heterocycles. The third-order valence-corrected chi connectivity index (χ3v) is 3.82. The number of aliphatic hydroxyl groups excluding tert-OH is 1. The van der Waals surface area contributed by atoms with E-state index in [1.165, 1.54) is 0 Å². The number of aliphatic hydroxyl groups is 1. The van der Waals surface area contributed by atoms with E-state index in [9.17, 15) is 9.90 Å². The lowest BCUT2D eigenvalue weighted by atomic mass is 10.0. The van der Waals surface area contributed by atoms with E-state index in [2.05, 4.69) is 29.6 Å². The van der Waals surface area contributed by atoms with E-state index < -0.39 is 0 Å². The molecule has 1 heterocycles. The maximum Gasteiger partial charge on any atom is 0.315 e. The van der Waals surface area contributed by atoms with Gasteiger partial charge >= 0.3 is 6.03 Å². The minimum absolute atomic E-state index is 0.0570. The Hall–Kier alpha value is -2.34. The molecular weight excluding hydrogens is 304 g/mol. The zero-order valence-corrected chi connectivity index (χ0v) is 14.4. The van der Waals surface area contributed by atoms with Crippen LogP contribution in [0.2, 0.25) is 0 Å². The Morgan fingerprint density at radius 1 is 1.21 bits per heavy atom. The van der Waals surface area contributed by atoms with Crippen LogP contribution in [0.5, 0.6) is 0 Å². The van der Waals surface area contributed by atoms with Crippen molar-refractivity contribution in [2.45, 2.75) is 39.3 Å². The lowest BCUT2D eigenvalue weighted by Crippen LogP contribution is -2.45. The van der Waals surface area contributed by atoms with Crippen molar-refractivity contribution in [2.75, 3.05) is 6.61 Å². The first-order valence-corrected chi connectivity index (χ1v) is 8.27. The zero-order valence-electron chi connectivity index (χ0n) is 14.4. The van der Waals surface area contributed by atoms with Crippen molar-refractivity contribution in [1.29, 1.82) is 0 Å². The van der Waals surface area contributed by atoms with Gasteiger partial charge in [-0.2, -0.15) is 5.10 Å². The fourth-order valence-electron chi connectivity index (χ4n) is 2.59. The van der Waals surface area contributed by atoms with E-state index in [0.717, 1.165) is 17.7 Å². The quantitative estimate of drug-likeness (QED) is 0.730. The second kappa shape index (κ2) is 8.49. The fraction of sp³-hybridized carbons (Fsp3) is 0.444. The average molecular weight is 330 g/mol. The highest BCUT2D eigenvalue weighted by Crippen LogP contribution is 2.15. The van der Waals surface area contributed by atoms with E-state index in [-0.39, 0.29) is 24.7 Å². The Morgan fingerprint density at radius 3 is 2.46 bits per heavy atom. The molecule has 0 saturated heterocycles. The van der Waals surface area contributed by atoms with Crippen molar-refractivity contribution in [1.82, 2.24) is 20.4 Å². The summed E-state index contributed by atoms with van der Waals surface area (Å²) in [6.07, 6.45) is 4.36. The number of urea groups is 1. The number of carbonyl (C=O) groups excluding carboxylic acids is 1. The molecule has 1 aromatic carbocycles. The van der Waals surface area contributed by atoms with Crippen LogP contribution in [0.1, 0.15) is 38.8 Å². The summed E-state index contributed by atoms with van der Waals surface area (Å²) < 4.78 is 1.78. The molecule has 0 bridgehead atoms. The van der Waals surface area contributed by atoms with Crippen molar-refractivity contribution < 1.29 is 9.90 Å². The smallest absolute Gasteiger partial charge is 0.315 e. The van der Waals surface area contributed by atoms with Gasteiger partial charge in [0, 0.05) is 12.4 Å². The van der Waals surface area contributed by atoms with Crippen LogP contribution in [0.4, 0.5) is 4.79 Å². The summed E-state index contributed by atoms with van der Waals surface area (Å²) in [6.45, 7) is 6.00. The molecule has 6 nitrogen and oxygen atoms in total. The van der Waals surface area contributed by atoms with Gasteiger partial charge in [0.2, 0.25) is 0 Å². The van der Waals surface area contributed by atoms with Crippen LogP contribution in [0.3, 0.4) is 0 Å². The number of rotatable bonds is 7. The van der Waals surface area contributed by atoms with Crippen LogP contribution in [-0.4, -0.2) is 33.6 Å². The maximum absolute atomic E-state index is 12.1. The molecule has 2 aromatic rings. The Balaban J connectivity index is 1.91. The van der Waals surface area contributed by atoms with E-state index in [4.69, 9.17) is 0 Å². The lowest BCUT2D eigenvalue weighted by molar-refractivity contribution is 0.205. The highest BCUT2D eigenvalue weighted by atomic mass is 16.3. The minimum Gasteiger partial charge on any atom is -0.394 e. The van der Waals surface area contributed by atoms with E-state index in [1.54, 1.807) is 10.9 Å².